The largest absolute Gasteiger partial charge is 0.325 e. The molecule has 0 aliphatic heterocycles. The molecule has 0 aliphatic carbocycles. The number of aromatic nitrogens is 3. The van der Waals surface area contributed by atoms with E-state index in [1.807, 2.05) is 23.7 Å². The molecule has 2 rings (SSSR count). The molecule has 2 aromatic rings. The highest BCUT2D eigenvalue weighted by Crippen LogP contribution is 2.15. The molecule has 0 atom stereocenters. The summed E-state index contributed by atoms with van der Waals surface area (Å²) < 4.78 is 1.85. The van der Waals surface area contributed by atoms with Gasteiger partial charge in [0, 0.05) is 12.7 Å². The quantitative estimate of drug-likeness (QED) is 0.883. The van der Waals surface area contributed by atoms with Crippen molar-refractivity contribution < 1.29 is 0 Å². The van der Waals surface area contributed by atoms with E-state index in [9.17, 15) is 0 Å². The summed E-state index contributed by atoms with van der Waals surface area (Å²) in [7, 11) is 0. The number of nitrogens with zero attached hydrogens (tertiary/aromatic N) is 3. The van der Waals surface area contributed by atoms with Crippen molar-refractivity contribution in [3.05, 3.63) is 46.5 Å². The lowest BCUT2D eigenvalue weighted by atomic mass is 10.2. The first-order chi connectivity index (χ1) is 7.72. The zero-order valence-electron chi connectivity index (χ0n) is 9.02. The molecular weight excluding hydrogens is 224 g/mol. The zero-order chi connectivity index (χ0) is 11.5. The Hall–Kier alpha value is -1.39. The van der Waals surface area contributed by atoms with E-state index in [2.05, 4.69) is 10.1 Å². The average Bonchev–Trinajstić information content (AvgIpc) is 2.62. The van der Waals surface area contributed by atoms with Crippen LogP contribution in [0.4, 0.5) is 0 Å². The molecule has 0 radical (unpaired) electrons. The Labute approximate surface area is 99.1 Å². The van der Waals surface area contributed by atoms with E-state index >= 15 is 0 Å². The first kappa shape index (κ1) is 11.1. The molecule has 0 spiro atoms. The van der Waals surface area contributed by atoms with Crippen molar-refractivity contribution in [3.8, 4) is 0 Å². The van der Waals surface area contributed by atoms with Crippen molar-refractivity contribution in [2.75, 3.05) is 0 Å². The molecule has 0 aliphatic rings. The molecule has 0 amide bonds. The zero-order valence-corrected chi connectivity index (χ0v) is 9.78. The van der Waals surface area contributed by atoms with Crippen LogP contribution in [-0.4, -0.2) is 14.8 Å². The normalized spacial score (nSPS) is 10.7. The summed E-state index contributed by atoms with van der Waals surface area (Å²) in [5, 5.41) is 4.88. The molecule has 0 fully saturated rings. The lowest BCUT2D eigenvalue weighted by Crippen LogP contribution is -2.10. The monoisotopic (exact) mass is 236 g/mol. The number of hydrogen-bond donors (Lipinski definition) is 1. The highest BCUT2D eigenvalue weighted by molar-refractivity contribution is 6.31. The standard InChI is InChI=1S/C11H13ClN4/c1-8-10(12)6-15-16(8)7-9-3-2-4-14-11(9)5-13/h2-4,6H,5,7,13H2,1H3. The van der Waals surface area contributed by atoms with E-state index in [0.29, 0.717) is 18.1 Å². The summed E-state index contributed by atoms with van der Waals surface area (Å²) in [5.41, 5.74) is 8.56. The molecule has 0 bridgehead atoms. The summed E-state index contributed by atoms with van der Waals surface area (Å²) in [6.07, 6.45) is 3.39. The molecule has 16 heavy (non-hydrogen) atoms. The van der Waals surface area contributed by atoms with E-state index < -0.39 is 0 Å². The SMILES string of the molecule is Cc1c(Cl)cnn1Cc1cccnc1CN. The molecule has 0 saturated carbocycles. The van der Waals surface area contributed by atoms with Crippen LogP contribution in [0.1, 0.15) is 17.0 Å². The van der Waals surface area contributed by atoms with Crippen molar-refractivity contribution in [1.29, 1.82) is 0 Å². The second-order valence-electron chi connectivity index (χ2n) is 3.55. The molecule has 0 aromatic carbocycles. The summed E-state index contributed by atoms with van der Waals surface area (Å²) in [6.45, 7) is 3.02. The van der Waals surface area contributed by atoms with E-state index in [1.165, 1.54) is 0 Å². The summed E-state index contributed by atoms with van der Waals surface area (Å²) in [4.78, 5) is 4.23. The Kier molecular flexibility index (Phi) is 3.22. The minimum absolute atomic E-state index is 0.435. The smallest absolute Gasteiger partial charge is 0.0815 e. The molecular formula is C11H13ClN4. The number of pyridine rings is 1. The Bertz CT molecular complexity index is 492. The van der Waals surface area contributed by atoms with Gasteiger partial charge in [-0.1, -0.05) is 17.7 Å². The van der Waals surface area contributed by atoms with E-state index in [-0.39, 0.29) is 0 Å². The van der Waals surface area contributed by atoms with Crippen LogP contribution in [0.3, 0.4) is 0 Å². The Morgan fingerprint density at radius 2 is 2.31 bits per heavy atom. The fraction of sp³-hybridized carbons (Fsp3) is 0.273. The van der Waals surface area contributed by atoms with Crippen LogP contribution in [0.2, 0.25) is 5.02 Å². The van der Waals surface area contributed by atoms with Crippen LogP contribution < -0.4 is 5.73 Å². The van der Waals surface area contributed by atoms with E-state index in [4.69, 9.17) is 17.3 Å². The fourth-order valence-corrected chi connectivity index (χ4v) is 1.68. The van der Waals surface area contributed by atoms with Gasteiger partial charge in [-0.15, -0.1) is 0 Å². The van der Waals surface area contributed by atoms with Gasteiger partial charge in [0.2, 0.25) is 0 Å². The summed E-state index contributed by atoms with van der Waals surface area (Å²) in [6, 6.07) is 3.90. The molecule has 2 N–H and O–H groups in total. The minimum atomic E-state index is 0.435. The topological polar surface area (TPSA) is 56.7 Å². The van der Waals surface area contributed by atoms with Crippen LogP contribution in [0.15, 0.2) is 24.5 Å². The first-order valence-corrected chi connectivity index (χ1v) is 5.41. The van der Waals surface area contributed by atoms with Gasteiger partial charge in [-0.3, -0.25) is 9.67 Å². The summed E-state index contributed by atoms with van der Waals surface area (Å²) in [5.74, 6) is 0. The van der Waals surface area contributed by atoms with Crippen molar-refractivity contribution in [2.24, 2.45) is 5.73 Å². The van der Waals surface area contributed by atoms with Gasteiger partial charge in [0.05, 0.1) is 29.2 Å². The van der Waals surface area contributed by atoms with Crippen molar-refractivity contribution in [3.63, 3.8) is 0 Å². The lowest BCUT2D eigenvalue weighted by molar-refractivity contribution is 0.656. The highest BCUT2D eigenvalue weighted by Gasteiger charge is 2.07. The van der Waals surface area contributed by atoms with Gasteiger partial charge in [0.1, 0.15) is 0 Å². The first-order valence-electron chi connectivity index (χ1n) is 5.03. The third kappa shape index (κ3) is 2.08. The second kappa shape index (κ2) is 4.63. The van der Waals surface area contributed by atoms with Gasteiger partial charge in [0.15, 0.2) is 0 Å². The van der Waals surface area contributed by atoms with Crippen LogP contribution in [0, 0.1) is 6.92 Å². The Morgan fingerprint density at radius 3 is 2.94 bits per heavy atom. The van der Waals surface area contributed by atoms with Gasteiger partial charge < -0.3 is 5.73 Å². The highest BCUT2D eigenvalue weighted by atomic mass is 35.5. The van der Waals surface area contributed by atoms with Gasteiger partial charge in [-0.2, -0.15) is 5.10 Å². The molecule has 2 heterocycles. The Morgan fingerprint density at radius 1 is 1.50 bits per heavy atom. The summed E-state index contributed by atoms with van der Waals surface area (Å²) >= 11 is 5.95. The van der Waals surface area contributed by atoms with E-state index in [1.54, 1.807) is 12.4 Å². The van der Waals surface area contributed by atoms with Crippen molar-refractivity contribution in [1.82, 2.24) is 14.8 Å². The maximum absolute atomic E-state index is 5.95. The number of hydrogen-bond acceptors (Lipinski definition) is 3. The third-order valence-electron chi connectivity index (χ3n) is 2.54. The number of halogens is 1. The number of rotatable bonds is 3. The van der Waals surface area contributed by atoms with Crippen molar-refractivity contribution >= 4 is 11.6 Å². The van der Waals surface area contributed by atoms with Gasteiger partial charge in [0.25, 0.3) is 0 Å². The molecule has 5 heteroatoms. The fourth-order valence-electron chi connectivity index (χ4n) is 1.54. The predicted octanol–water partition coefficient (Wildman–Crippen LogP) is 1.75. The van der Waals surface area contributed by atoms with Crippen LogP contribution >= 0.6 is 11.6 Å². The minimum Gasteiger partial charge on any atom is -0.325 e. The van der Waals surface area contributed by atoms with Crippen molar-refractivity contribution in [2.45, 2.75) is 20.0 Å². The van der Waals surface area contributed by atoms with Gasteiger partial charge in [-0.25, -0.2) is 0 Å². The lowest BCUT2D eigenvalue weighted by Gasteiger charge is -2.08. The van der Waals surface area contributed by atoms with E-state index in [0.717, 1.165) is 17.0 Å². The van der Waals surface area contributed by atoms with Gasteiger partial charge >= 0.3 is 0 Å². The van der Waals surface area contributed by atoms with Gasteiger partial charge in [-0.05, 0) is 18.6 Å². The maximum atomic E-state index is 5.95. The molecule has 0 unspecified atom stereocenters. The predicted molar refractivity (Wildman–Crippen MR) is 63.2 cm³/mol. The van der Waals surface area contributed by atoms with Crippen LogP contribution in [-0.2, 0) is 13.1 Å². The number of nitrogens with two attached hydrogens (primary N) is 1. The van der Waals surface area contributed by atoms with Crippen LogP contribution in [0.25, 0.3) is 0 Å². The average molecular weight is 237 g/mol. The maximum Gasteiger partial charge on any atom is 0.0815 e. The second-order valence-corrected chi connectivity index (χ2v) is 3.96. The third-order valence-corrected chi connectivity index (χ3v) is 2.91. The molecule has 84 valence electrons. The van der Waals surface area contributed by atoms with Crippen LogP contribution in [0.5, 0.6) is 0 Å². The Balaban J connectivity index is 2.30. The molecule has 4 nitrogen and oxygen atoms in total. The molecule has 0 saturated heterocycles. The molecule has 2 aromatic heterocycles.